The number of allylic oxidation sites excluding steroid dienone is 1. The van der Waals surface area contributed by atoms with E-state index in [1.165, 1.54) is 11.8 Å². The van der Waals surface area contributed by atoms with Crippen molar-refractivity contribution in [2.75, 3.05) is 20.4 Å². The van der Waals surface area contributed by atoms with Crippen LogP contribution in [-0.4, -0.2) is 41.0 Å². The lowest BCUT2D eigenvalue weighted by atomic mass is 9.80. The number of nitrogens with zero attached hydrogens (tertiary/aromatic N) is 3. The van der Waals surface area contributed by atoms with E-state index in [4.69, 9.17) is 4.74 Å². The molecular formula is C36H33N3O2S. The number of rotatable bonds is 10. The smallest absolute Gasteiger partial charge is 0.196 e. The van der Waals surface area contributed by atoms with Gasteiger partial charge in [-0.05, 0) is 43.0 Å². The zero-order valence-electron chi connectivity index (χ0n) is 24.2. The number of aromatic nitrogens is 2. The predicted molar refractivity (Wildman–Crippen MR) is 171 cm³/mol. The van der Waals surface area contributed by atoms with Crippen LogP contribution in [0, 0.1) is 6.92 Å². The average molecular weight is 572 g/mol. The molecule has 0 aliphatic heterocycles. The maximum absolute atomic E-state index is 14.1. The average Bonchev–Trinajstić information content (AvgIpc) is 3.03. The van der Waals surface area contributed by atoms with Crippen molar-refractivity contribution < 1.29 is 9.53 Å². The molecule has 1 aromatic heterocycles. The molecule has 0 bridgehead atoms. The van der Waals surface area contributed by atoms with Crippen molar-refractivity contribution in [3.05, 3.63) is 161 Å². The SMILES string of the molecule is CSc1nccc(C(=CN(C)C)C(=O)c2cc(C)cc(OC(c3ccccc3)(c3ccccc3)c3ccccc3)c2)n1. The Kier molecular flexibility index (Phi) is 8.84. The van der Waals surface area contributed by atoms with Crippen LogP contribution in [0.15, 0.2) is 133 Å². The lowest BCUT2D eigenvalue weighted by molar-refractivity contribution is 0.105. The summed E-state index contributed by atoms with van der Waals surface area (Å²) in [6, 6.07) is 38.1. The summed E-state index contributed by atoms with van der Waals surface area (Å²) >= 11 is 1.44. The Morgan fingerprint density at radius 2 is 1.36 bits per heavy atom. The second-order valence-corrected chi connectivity index (χ2v) is 11.0. The Morgan fingerprint density at radius 1 is 0.810 bits per heavy atom. The molecule has 210 valence electrons. The first kappa shape index (κ1) is 28.8. The molecule has 0 fully saturated rings. The molecule has 0 aliphatic rings. The summed E-state index contributed by atoms with van der Waals surface area (Å²) in [5, 5.41) is 0.608. The first-order chi connectivity index (χ1) is 20.4. The van der Waals surface area contributed by atoms with Crippen LogP contribution < -0.4 is 4.74 Å². The number of ketones is 1. The van der Waals surface area contributed by atoms with Crippen molar-refractivity contribution in [3.63, 3.8) is 0 Å². The second-order valence-electron chi connectivity index (χ2n) is 10.2. The Bertz CT molecular complexity index is 1590. The Labute approximate surface area is 251 Å². The van der Waals surface area contributed by atoms with Crippen molar-refractivity contribution in [2.24, 2.45) is 0 Å². The number of hydrogen-bond donors (Lipinski definition) is 0. The van der Waals surface area contributed by atoms with Crippen LogP contribution in [0.5, 0.6) is 5.75 Å². The zero-order chi connectivity index (χ0) is 29.5. The third-order valence-corrected chi connectivity index (χ3v) is 7.41. The largest absolute Gasteiger partial charge is 0.473 e. The fourth-order valence-corrected chi connectivity index (χ4v) is 5.41. The van der Waals surface area contributed by atoms with Gasteiger partial charge in [0, 0.05) is 48.7 Å². The number of hydrogen-bond acceptors (Lipinski definition) is 6. The van der Waals surface area contributed by atoms with Crippen molar-refractivity contribution in [2.45, 2.75) is 17.7 Å². The third-order valence-electron chi connectivity index (χ3n) is 6.85. The minimum absolute atomic E-state index is 0.146. The maximum Gasteiger partial charge on any atom is 0.196 e. The van der Waals surface area contributed by atoms with Crippen LogP contribution in [0.3, 0.4) is 0 Å². The second kappa shape index (κ2) is 12.9. The van der Waals surface area contributed by atoms with Gasteiger partial charge in [0.1, 0.15) is 5.75 Å². The van der Waals surface area contributed by atoms with E-state index < -0.39 is 5.60 Å². The summed E-state index contributed by atoms with van der Waals surface area (Å²) in [7, 11) is 3.78. The lowest BCUT2D eigenvalue weighted by Gasteiger charge is -2.36. The maximum atomic E-state index is 14.1. The van der Waals surface area contributed by atoms with Crippen LogP contribution >= 0.6 is 11.8 Å². The summed E-state index contributed by atoms with van der Waals surface area (Å²) in [6.07, 6.45) is 5.41. The van der Waals surface area contributed by atoms with Crippen LogP contribution in [0.4, 0.5) is 0 Å². The Hall–Kier alpha value is -4.68. The van der Waals surface area contributed by atoms with E-state index in [1.54, 1.807) is 18.5 Å². The Morgan fingerprint density at radius 3 is 1.86 bits per heavy atom. The minimum atomic E-state index is -0.958. The molecule has 0 N–H and O–H groups in total. The summed E-state index contributed by atoms with van der Waals surface area (Å²) in [5.74, 6) is 0.444. The molecule has 0 saturated heterocycles. The monoisotopic (exact) mass is 571 g/mol. The number of benzene rings is 4. The molecule has 0 saturated carbocycles. The molecule has 6 heteroatoms. The summed E-state index contributed by atoms with van der Waals surface area (Å²) in [6.45, 7) is 1.98. The molecular weight excluding hydrogens is 538 g/mol. The third kappa shape index (κ3) is 6.14. The molecule has 0 atom stereocenters. The van der Waals surface area contributed by atoms with E-state index in [9.17, 15) is 4.79 Å². The van der Waals surface area contributed by atoms with Crippen LogP contribution in [0.2, 0.25) is 0 Å². The van der Waals surface area contributed by atoms with E-state index in [1.807, 2.05) is 105 Å². The molecule has 5 nitrogen and oxygen atoms in total. The zero-order valence-corrected chi connectivity index (χ0v) is 25.0. The van der Waals surface area contributed by atoms with Crippen molar-refractivity contribution in [1.29, 1.82) is 0 Å². The predicted octanol–water partition coefficient (Wildman–Crippen LogP) is 7.66. The van der Waals surface area contributed by atoms with Gasteiger partial charge in [-0.2, -0.15) is 0 Å². The van der Waals surface area contributed by atoms with E-state index in [2.05, 4.69) is 46.4 Å². The molecule has 0 aliphatic carbocycles. The Balaban J connectivity index is 1.66. The summed E-state index contributed by atoms with van der Waals surface area (Å²) < 4.78 is 7.12. The van der Waals surface area contributed by atoms with Crippen LogP contribution in [0.25, 0.3) is 5.57 Å². The highest BCUT2D eigenvalue weighted by Gasteiger charge is 2.39. The first-order valence-electron chi connectivity index (χ1n) is 13.7. The van der Waals surface area contributed by atoms with Crippen molar-refractivity contribution in [1.82, 2.24) is 14.9 Å². The van der Waals surface area contributed by atoms with Gasteiger partial charge in [0.15, 0.2) is 16.5 Å². The quantitative estimate of drug-likeness (QED) is 0.0564. The standard InChI is InChI=1S/C36H33N3O2S/c1-26-22-27(34(40)32(25-39(2)3)33-20-21-37-35(38-33)42-4)24-31(23-26)41-36(28-14-8-5-9-15-28,29-16-10-6-11-17-29)30-18-12-7-13-19-30/h5-25H,1-4H3. The molecule has 4 aromatic carbocycles. The number of carbonyl (C=O) groups is 1. The molecule has 5 rings (SSSR count). The molecule has 42 heavy (non-hydrogen) atoms. The molecule has 0 amide bonds. The summed E-state index contributed by atoms with van der Waals surface area (Å²) in [5.41, 5.74) is 4.47. The molecule has 0 radical (unpaired) electrons. The van der Waals surface area contributed by atoms with Gasteiger partial charge in [0.25, 0.3) is 0 Å². The highest BCUT2D eigenvalue weighted by atomic mass is 32.2. The number of carbonyl (C=O) groups excluding carboxylic acids is 1. The summed E-state index contributed by atoms with van der Waals surface area (Å²) in [4.78, 5) is 24.9. The van der Waals surface area contributed by atoms with Crippen molar-refractivity contribution >= 4 is 23.1 Å². The van der Waals surface area contributed by atoms with E-state index in [-0.39, 0.29) is 5.78 Å². The number of aryl methyl sites for hydroxylation is 1. The van der Waals surface area contributed by atoms with Gasteiger partial charge in [0.05, 0.1) is 11.3 Å². The number of ether oxygens (including phenoxy) is 1. The van der Waals surface area contributed by atoms with E-state index in [0.29, 0.717) is 27.7 Å². The normalized spacial score (nSPS) is 11.7. The van der Waals surface area contributed by atoms with E-state index in [0.717, 1.165) is 22.3 Å². The van der Waals surface area contributed by atoms with Crippen LogP contribution in [-0.2, 0) is 5.60 Å². The molecule has 1 heterocycles. The van der Waals surface area contributed by atoms with Gasteiger partial charge in [0.2, 0.25) is 0 Å². The van der Waals surface area contributed by atoms with E-state index >= 15 is 0 Å². The van der Waals surface area contributed by atoms with Crippen molar-refractivity contribution in [3.8, 4) is 5.75 Å². The lowest BCUT2D eigenvalue weighted by Crippen LogP contribution is -2.36. The molecule has 0 unspecified atom stereocenters. The highest BCUT2D eigenvalue weighted by Crippen LogP contribution is 2.41. The van der Waals surface area contributed by atoms with Gasteiger partial charge >= 0.3 is 0 Å². The van der Waals surface area contributed by atoms with Gasteiger partial charge in [-0.3, -0.25) is 4.79 Å². The fourth-order valence-electron chi connectivity index (χ4n) is 5.05. The van der Waals surface area contributed by atoms with Crippen LogP contribution in [0.1, 0.15) is 38.3 Å². The number of thioether (sulfide) groups is 1. The van der Waals surface area contributed by atoms with Gasteiger partial charge in [-0.1, -0.05) is 103 Å². The van der Waals surface area contributed by atoms with Gasteiger partial charge < -0.3 is 9.64 Å². The first-order valence-corrected chi connectivity index (χ1v) is 14.9. The van der Waals surface area contributed by atoms with Gasteiger partial charge in [-0.15, -0.1) is 0 Å². The molecule has 0 spiro atoms. The highest BCUT2D eigenvalue weighted by molar-refractivity contribution is 7.98. The topological polar surface area (TPSA) is 55.3 Å². The minimum Gasteiger partial charge on any atom is -0.473 e. The fraction of sp³-hybridized carbons (Fsp3) is 0.139. The number of Topliss-reactive ketones (excluding diaryl/α,β-unsaturated/α-hetero) is 1. The molecule has 5 aromatic rings. The van der Waals surface area contributed by atoms with Gasteiger partial charge in [-0.25, -0.2) is 9.97 Å².